The van der Waals surface area contributed by atoms with Crippen molar-refractivity contribution in [2.75, 3.05) is 11.4 Å². The van der Waals surface area contributed by atoms with E-state index in [1.165, 1.54) is 6.07 Å². The van der Waals surface area contributed by atoms with Gasteiger partial charge in [0.25, 0.3) is 0 Å². The molecule has 1 fully saturated rings. The highest BCUT2D eigenvalue weighted by Gasteiger charge is 2.30. The lowest BCUT2D eigenvalue weighted by Gasteiger charge is -2.20. The number of carbonyl (C=O) groups is 2. The van der Waals surface area contributed by atoms with Crippen LogP contribution in [0, 0.1) is 5.92 Å². The van der Waals surface area contributed by atoms with Crippen molar-refractivity contribution >= 4 is 40.8 Å². The SMILES string of the molecule is CC1CCNC(=O)N(c2ccc(Cl)c(Cl)c2)C1=O. The van der Waals surface area contributed by atoms with Gasteiger partial charge in [-0.2, -0.15) is 0 Å². The summed E-state index contributed by atoms with van der Waals surface area (Å²) < 4.78 is 0. The summed E-state index contributed by atoms with van der Waals surface area (Å²) in [4.78, 5) is 25.1. The molecular formula is C12H12Cl2N2O2. The van der Waals surface area contributed by atoms with Crippen molar-refractivity contribution in [1.29, 1.82) is 0 Å². The summed E-state index contributed by atoms with van der Waals surface area (Å²) in [5, 5.41) is 3.38. The molecule has 1 aliphatic heterocycles. The van der Waals surface area contributed by atoms with Crippen molar-refractivity contribution in [3.05, 3.63) is 28.2 Å². The molecule has 0 saturated carbocycles. The zero-order chi connectivity index (χ0) is 13.3. The van der Waals surface area contributed by atoms with Crippen LogP contribution in [0.5, 0.6) is 0 Å². The number of hydrogen-bond donors (Lipinski definition) is 1. The minimum atomic E-state index is -0.428. The summed E-state index contributed by atoms with van der Waals surface area (Å²) in [5.41, 5.74) is 0.431. The van der Waals surface area contributed by atoms with Crippen molar-refractivity contribution in [3.63, 3.8) is 0 Å². The van der Waals surface area contributed by atoms with Gasteiger partial charge in [0.1, 0.15) is 0 Å². The molecular weight excluding hydrogens is 275 g/mol. The second-order valence-corrected chi connectivity index (χ2v) is 5.01. The molecule has 96 valence electrons. The summed E-state index contributed by atoms with van der Waals surface area (Å²) in [6.45, 7) is 2.29. The van der Waals surface area contributed by atoms with Crippen molar-refractivity contribution in [2.24, 2.45) is 5.92 Å². The molecule has 0 bridgehead atoms. The van der Waals surface area contributed by atoms with E-state index in [-0.39, 0.29) is 11.8 Å². The lowest BCUT2D eigenvalue weighted by Crippen LogP contribution is -2.42. The van der Waals surface area contributed by atoms with Crippen LogP contribution in [0.15, 0.2) is 18.2 Å². The van der Waals surface area contributed by atoms with Crippen LogP contribution in [-0.2, 0) is 4.79 Å². The number of rotatable bonds is 1. The van der Waals surface area contributed by atoms with Crippen LogP contribution in [0.3, 0.4) is 0 Å². The van der Waals surface area contributed by atoms with Gasteiger partial charge in [0, 0.05) is 12.5 Å². The first-order valence-electron chi connectivity index (χ1n) is 5.57. The first-order chi connectivity index (χ1) is 8.50. The fraction of sp³-hybridized carbons (Fsp3) is 0.333. The van der Waals surface area contributed by atoms with Gasteiger partial charge in [0.15, 0.2) is 0 Å². The van der Waals surface area contributed by atoms with Gasteiger partial charge in [-0.15, -0.1) is 0 Å². The minimum absolute atomic E-state index is 0.210. The standard InChI is InChI=1S/C12H12Cl2N2O2/c1-7-4-5-15-12(18)16(11(7)17)8-2-3-9(13)10(14)6-8/h2-3,6-7H,4-5H2,1H3,(H,15,18). The molecule has 0 spiro atoms. The Bertz CT molecular complexity index is 505. The minimum Gasteiger partial charge on any atom is -0.337 e. The monoisotopic (exact) mass is 286 g/mol. The Labute approximate surface area is 115 Å². The van der Waals surface area contributed by atoms with Gasteiger partial charge in [-0.05, 0) is 24.6 Å². The quantitative estimate of drug-likeness (QED) is 0.863. The number of imide groups is 1. The van der Waals surface area contributed by atoms with Crippen LogP contribution in [-0.4, -0.2) is 18.5 Å². The Morgan fingerprint density at radius 1 is 1.28 bits per heavy atom. The van der Waals surface area contributed by atoms with E-state index in [1.54, 1.807) is 19.1 Å². The van der Waals surface area contributed by atoms with Crippen LogP contribution in [0.4, 0.5) is 10.5 Å². The summed E-state index contributed by atoms with van der Waals surface area (Å²) in [7, 11) is 0. The van der Waals surface area contributed by atoms with Crippen LogP contribution >= 0.6 is 23.2 Å². The largest absolute Gasteiger partial charge is 0.337 e. The molecule has 0 radical (unpaired) electrons. The van der Waals surface area contributed by atoms with Crippen molar-refractivity contribution in [2.45, 2.75) is 13.3 Å². The van der Waals surface area contributed by atoms with E-state index in [1.807, 2.05) is 0 Å². The van der Waals surface area contributed by atoms with E-state index in [2.05, 4.69) is 5.32 Å². The van der Waals surface area contributed by atoms with E-state index in [0.29, 0.717) is 28.7 Å². The molecule has 1 unspecified atom stereocenters. The highest BCUT2D eigenvalue weighted by molar-refractivity contribution is 6.42. The third-order valence-corrected chi connectivity index (χ3v) is 3.60. The van der Waals surface area contributed by atoms with Gasteiger partial charge in [-0.3, -0.25) is 4.79 Å². The van der Waals surface area contributed by atoms with Crippen molar-refractivity contribution < 1.29 is 9.59 Å². The number of nitrogens with zero attached hydrogens (tertiary/aromatic N) is 1. The van der Waals surface area contributed by atoms with Gasteiger partial charge in [-0.25, -0.2) is 9.69 Å². The maximum absolute atomic E-state index is 12.1. The average molecular weight is 287 g/mol. The third-order valence-electron chi connectivity index (χ3n) is 2.86. The van der Waals surface area contributed by atoms with E-state index in [0.717, 1.165) is 4.90 Å². The van der Waals surface area contributed by atoms with Crippen molar-refractivity contribution in [3.8, 4) is 0 Å². The van der Waals surface area contributed by atoms with Gasteiger partial charge >= 0.3 is 6.03 Å². The number of halogens is 2. The van der Waals surface area contributed by atoms with Crippen LogP contribution in [0.2, 0.25) is 10.0 Å². The smallest absolute Gasteiger partial charge is 0.328 e. The second-order valence-electron chi connectivity index (χ2n) is 4.19. The highest BCUT2D eigenvalue weighted by Crippen LogP contribution is 2.28. The summed E-state index contributed by atoms with van der Waals surface area (Å²) in [6.07, 6.45) is 0.627. The fourth-order valence-electron chi connectivity index (χ4n) is 1.79. The highest BCUT2D eigenvalue weighted by atomic mass is 35.5. The van der Waals surface area contributed by atoms with Gasteiger partial charge in [0.2, 0.25) is 5.91 Å². The van der Waals surface area contributed by atoms with E-state index in [4.69, 9.17) is 23.2 Å². The summed E-state index contributed by atoms with van der Waals surface area (Å²) in [6, 6.07) is 4.25. The molecule has 1 atom stereocenters. The Morgan fingerprint density at radius 2 is 2.00 bits per heavy atom. The molecule has 6 heteroatoms. The molecule has 1 saturated heterocycles. The first-order valence-corrected chi connectivity index (χ1v) is 6.33. The number of nitrogens with one attached hydrogen (secondary N) is 1. The van der Waals surface area contributed by atoms with E-state index in [9.17, 15) is 9.59 Å². The van der Waals surface area contributed by atoms with Gasteiger partial charge in [0.05, 0.1) is 15.7 Å². The molecule has 1 N–H and O–H groups in total. The number of amides is 3. The summed E-state index contributed by atoms with van der Waals surface area (Å²) >= 11 is 11.7. The Morgan fingerprint density at radius 3 is 2.67 bits per heavy atom. The molecule has 1 aromatic carbocycles. The molecule has 0 aromatic heterocycles. The molecule has 2 rings (SSSR count). The third kappa shape index (κ3) is 2.44. The first kappa shape index (κ1) is 13.2. The van der Waals surface area contributed by atoms with Crippen LogP contribution in [0.25, 0.3) is 0 Å². The molecule has 1 heterocycles. The normalized spacial score (nSPS) is 20.6. The molecule has 3 amide bonds. The second kappa shape index (κ2) is 5.16. The van der Waals surface area contributed by atoms with Crippen LogP contribution in [0.1, 0.15) is 13.3 Å². The Kier molecular flexibility index (Phi) is 3.78. The lowest BCUT2D eigenvalue weighted by atomic mass is 10.1. The topological polar surface area (TPSA) is 49.4 Å². The molecule has 0 aliphatic carbocycles. The van der Waals surface area contributed by atoms with E-state index < -0.39 is 6.03 Å². The predicted molar refractivity (Wildman–Crippen MR) is 71.1 cm³/mol. The number of anilines is 1. The number of hydrogen-bond acceptors (Lipinski definition) is 2. The molecule has 4 nitrogen and oxygen atoms in total. The Balaban J connectivity index is 2.41. The number of urea groups is 1. The zero-order valence-electron chi connectivity index (χ0n) is 9.74. The Hall–Kier alpha value is -1.26. The van der Waals surface area contributed by atoms with Gasteiger partial charge in [-0.1, -0.05) is 30.1 Å². The molecule has 1 aromatic rings. The molecule has 18 heavy (non-hydrogen) atoms. The lowest BCUT2D eigenvalue weighted by molar-refractivity contribution is -0.121. The molecule has 1 aliphatic rings. The van der Waals surface area contributed by atoms with E-state index >= 15 is 0 Å². The maximum atomic E-state index is 12.1. The average Bonchev–Trinajstić information content (AvgIpc) is 2.44. The van der Waals surface area contributed by atoms with Crippen LogP contribution < -0.4 is 10.2 Å². The number of carbonyl (C=O) groups excluding carboxylic acids is 2. The maximum Gasteiger partial charge on any atom is 0.328 e. The summed E-state index contributed by atoms with van der Waals surface area (Å²) in [5.74, 6) is -0.443. The van der Waals surface area contributed by atoms with Gasteiger partial charge < -0.3 is 5.32 Å². The number of benzene rings is 1. The zero-order valence-corrected chi connectivity index (χ0v) is 11.3. The van der Waals surface area contributed by atoms with Crippen molar-refractivity contribution in [1.82, 2.24) is 5.32 Å². The fourth-order valence-corrected chi connectivity index (χ4v) is 2.08. The predicted octanol–water partition coefficient (Wildman–Crippen LogP) is 3.08.